The zero-order valence-corrected chi connectivity index (χ0v) is 18.5. The van der Waals surface area contributed by atoms with Gasteiger partial charge < -0.3 is 20.4 Å². The Kier molecular flexibility index (Phi) is 11.1. The van der Waals surface area contributed by atoms with Gasteiger partial charge in [-0.15, -0.1) is 0 Å². The minimum atomic E-state index is -0.833. The van der Waals surface area contributed by atoms with E-state index in [2.05, 4.69) is 35.5 Å². The third-order valence-electron chi connectivity index (χ3n) is 4.87. The van der Waals surface area contributed by atoms with Crippen molar-refractivity contribution in [3.8, 4) is 0 Å². The molecule has 8 heteroatoms. The number of rotatable bonds is 3. The summed E-state index contributed by atoms with van der Waals surface area (Å²) >= 11 is 0. The van der Waals surface area contributed by atoms with Gasteiger partial charge in [-0.25, -0.2) is 0 Å². The number of nitrogens with zero attached hydrogens (tertiary/aromatic N) is 2. The zero-order valence-electron chi connectivity index (χ0n) is 18.5. The molecule has 3 rings (SSSR count). The molecule has 8 nitrogen and oxygen atoms in total. The number of amides is 1. The van der Waals surface area contributed by atoms with Crippen LogP contribution in [0, 0.1) is 5.92 Å². The van der Waals surface area contributed by atoms with Crippen LogP contribution in [0.1, 0.15) is 49.8 Å². The van der Waals surface area contributed by atoms with Crippen molar-refractivity contribution in [1.82, 2.24) is 15.1 Å². The quantitative estimate of drug-likeness (QED) is 0.686. The van der Waals surface area contributed by atoms with Crippen LogP contribution in [0.2, 0.25) is 0 Å². The molecule has 0 bridgehead atoms. The van der Waals surface area contributed by atoms with Gasteiger partial charge in [0.15, 0.2) is 0 Å². The Morgan fingerprint density at radius 2 is 1.67 bits per heavy atom. The number of fused-ring (bicyclic) bond motifs is 1. The average Bonchev–Trinajstić information content (AvgIpc) is 2.82. The van der Waals surface area contributed by atoms with E-state index in [1.165, 1.54) is 16.7 Å². The first-order valence-electron chi connectivity index (χ1n) is 10.2. The van der Waals surface area contributed by atoms with E-state index >= 15 is 0 Å². The topological polar surface area (TPSA) is 110 Å². The lowest BCUT2D eigenvalue weighted by Gasteiger charge is -2.23. The number of carboxylic acids is 2. The van der Waals surface area contributed by atoms with Crippen LogP contribution in [-0.2, 0) is 34.0 Å². The lowest BCUT2D eigenvalue weighted by molar-refractivity contribution is -0.135. The van der Waals surface area contributed by atoms with Crippen molar-refractivity contribution >= 4 is 17.8 Å². The predicted molar refractivity (Wildman–Crippen MR) is 115 cm³/mol. The van der Waals surface area contributed by atoms with E-state index < -0.39 is 11.9 Å². The molecule has 2 aliphatic rings. The van der Waals surface area contributed by atoms with Crippen LogP contribution >= 0.6 is 0 Å². The fourth-order valence-corrected chi connectivity index (χ4v) is 3.65. The minimum Gasteiger partial charge on any atom is -0.481 e. The molecule has 1 aromatic carbocycles. The molecule has 2 aliphatic heterocycles. The van der Waals surface area contributed by atoms with Crippen LogP contribution < -0.4 is 5.32 Å². The summed E-state index contributed by atoms with van der Waals surface area (Å²) in [6, 6.07) is 6.68. The Labute approximate surface area is 178 Å². The van der Waals surface area contributed by atoms with E-state index in [0.29, 0.717) is 5.91 Å². The molecule has 1 fully saturated rings. The van der Waals surface area contributed by atoms with E-state index in [1.54, 1.807) is 0 Å². The SMILES string of the molecule is CC(=O)O.CC(=O)O.CN1Cc2ccc(CN(C)C(=O)C3CCCNCC3)cc2C1. The average molecular weight is 422 g/mol. The van der Waals surface area contributed by atoms with Gasteiger partial charge in [0, 0.05) is 46.4 Å². The first-order valence-corrected chi connectivity index (χ1v) is 10.2. The van der Waals surface area contributed by atoms with Gasteiger partial charge in [0.05, 0.1) is 0 Å². The van der Waals surface area contributed by atoms with Crippen LogP contribution in [-0.4, -0.2) is 65.0 Å². The second-order valence-electron chi connectivity index (χ2n) is 7.89. The molecule has 2 heterocycles. The van der Waals surface area contributed by atoms with E-state index in [1.807, 2.05) is 11.9 Å². The normalized spacial score (nSPS) is 17.9. The highest BCUT2D eigenvalue weighted by atomic mass is 16.4. The Morgan fingerprint density at radius 3 is 2.30 bits per heavy atom. The van der Waals surface area contributed by atoms with Gasteiger partial charge in [0.1, 0.15) is 0 Å². The summed E-state index contributed by atoms with van der Waals surface area (Å²) in [6.45, 7) is 6.97. The van der Waals surface area contributed by atoms with Gasteiger partial charge in [0.2, 0.25) is 5.91 Å². The van der Waals surface area contributed by atoms with Crippen molar-refractivity contribution in [1.29, 1.82) is 0 Å². The number of hydrogen-bond donors (Lipinski definition) is 3. The summed E-state index contributed by atoms with van der Waals surface area (Å²) in [5, 5.41) is 18.2. The van der Waals surface area contributed by atoms with Crippen LogP contribution in [0.5, 0.6) is 0 Å². The number of hydrogen-bond acceptors (Lipinski definition) is 5. The van der Waals surface area contributed by atoms with Crippen LogP contribution in [0.15, 0.2) is 18.2 Å². The van der Waals surface area contributed by atoms with Crippen molar-refractivity contribution in [2.45, 2.75) is 52.7 Å². The molecule has 1 aromatic rings. The van der Waals surface area contributed by atoms with Gasteiger partial charge in [-0.05, 0) is 56.1 Å². The highest BCUT2D eigenvalue weighted by Gasteiger charge is 2.23. The van der Waals surface area contributed by atoms with Crippen molar-refractivity contribution in [3.05, 3.63) is 34.9 Å². The molecule has 1 saturated heterocycles. The fourth-order valence-electron chi connectivity index (χ4n) is 3.65. The third-order valence-corrected chi connectivity index (χ3v) is 4.87. The summed E-state index contributed by atoms with van der Waals surface area (Å²) in [7, 11) is 4.09. The van der Waals surface area contributed by atoms with E-state index in [0.717, 1.165) is 65.8 Å². The Balaban J connectivity index is 0.000000485. The molecular weight excluding hydrogens is 386 g/mol. The van der Waals surface area contributed by atoms with Gasteiger partial charge in [-0.1, -0.05) is 18.2 Å². The Bertz CT molecular complexity index is 695. The second-order valence-corrected chi connectivity index (χ2v) is 7.89. The fraction of sp³-hybridized carbons (Fsp3) is 0.591. The Morgan fingerprint density at radius 1 is 1.07 bits per heavy atom. The maximum Gasteiger partial charge on any atom is 0.300 e. The number of aliphatic carboxylic acids is 2. The molecule has 0 radical (unpaired) electrons. The van der Waals surface area contributed by atoms with E-state index in [4.69, 9.17) is 19.8 Å². The third kappa shape index (κ3) is 9.84. The molecule has 1 amide bonds. The lowest BCUT2D eigenvalue weighted by Crippen LogP contribution is -2.33. The van der Waals surface area contributed by atoms with Gasteiger partial charge in [-0.3, -0.25) is 19.3 Å². The molecule has 0 aromatic heterocycles. The number of nitrogens with one attached hydrogen (secondary N) is 1. The maximum atomic E-state index is 12.6. The minimum absolute atomic E-state index is 0.195. The van der Waals surface area contributed by atoms with Crippen molar-refractivity contribution < 1.29 is 24.6 Å². The summed E-state index contributed by atoms with van der Waals surface area (Å²) in [4.78, 5) is 34.9. The highest BCUT2D eigenvalue weighted by molar-refractivity contribution is 5.78. The summed E-state index contributed by atoms with van der Waals surface area (Å²) in [5.41, 5.74) is 4.09. The molecule has 1 unspecified atom stereocenters. The van der Waals surface area contributed by atoms with Gasteiger partial charge >= 0.3 is 0 Å². The molecule has 0 aliphatic carbocycles. The standard InChI is InChI=1S/C18H27N3O.2C2H4O2/c1-20-12-16-6-5-14(10-17(16)13-20)11-21(2)18(22)15-4-3-8-19-9-7-15;2*1-2(3)4/h5-6,10,15,19H,3-4,7-9,11-13H2,1-2H3;2*1H3,(H,3,4). The number of carboxylic acid groups (broad SMARTS) is 2. The molecule has 0 spiro atoms. The van der Waals surface area contributed by atoms with Crippen LogP contribution in [0.3, 0.4) is 0 Å². The molecule has 1 atom stereocenters. The van der Waals surface area contributed by atoms with Crippen molar-refractivity contribution in [2.75, 3.05) is 27.2 Å². The van der Waals surface area contributed by atoms with Crippen LogP contribution in [0.4, 0.5) is 0 Å². The maximum absolute atomic E-state index is 12.6. The number of carbonyl (C=O) groups excluding carboxylic acids is 1. The number of benzene rings is 1. The van der Waals surface area contributed by atoms with Crippen molar-refractivity contribution in [3.63, 3.8) is 0 Å². The molecule has 0 saturated carbocycles. The number of carbonyl (C=O) groups is 3. The van der Waals surface area contributed by atoms with E-state index in [9.17, 15) is 4.79 Å². The summed E-state index contributed by atoms with van der Waals surface area (Å²) < 4.78 is 0. The lowest BCUT2D eigenvalue weighted by atomic mass is 9.98. The monoisotopic (exact) mass is 421 g/mol. The zero-order chi connectivity index (χ0) is 22.7. The molecular formula is C22H35N3O5. The molecule has 168 valence electrons. The Hall–Kier alpha value is -2.45. The molecule has 3 N–H and O–H groups in total. The summed E-state index contributed by atoms with van der Waals surface area (Å²) in [5.74, 6) is -1.16. The largest absolute Gasteiger partial charge is 0.481 e. The predicted octanol–water partition coefficient (Wildman–Crippen LogP) is 2.16. The first kappa shape index (κ1) is 25.6. The van der Waals surface area contributed by atoms with Gasteiger partial charge in [-0.2, -0.15) is 0 Å². The first-order chi connectivity index (χ1) is 14.1. The summed E-state index contributed by atoms with van der Waals surface area (Å²) in [6.07, 6.45) is 3.10. The van der Waals surface area contributed by atoms with Crippen molar-refractivity contribution in [2.24, 2.45) is 5.92 Å². The highest BCUT2D eigenvalue weighted by Crippen LogP contribution is 2.23. The van der Waals surface area contributed by atoms with E-state index in [-0.39, 0.29) is 5.92 Å². The molecule has 30 heavy (non-hydrogen) atoms. The smallest absolute Gasteiger partial charge is 0.300 e. The second kappa shape index (κ2) is 13.0. The van der Waals surface area contributed by atoms with Crippen LogP contribution in [0.25, 0.3) is 0 Å². The van der Waals surface area contributed by atoms with Gasteiger partial charge in [0.25, 0.3) is 11.9 Å².